The first-order valence-electron chi connectivity index (χ1n) is 8.49. The summed E-state index contributed by atoms with van der Waals surface area (Å²) in [7, 11) is 0. The third-order valence-electron chi connectivity index (χ3n) is 4.44. The number of morpholine rings is 1. The van der Waals surface area contributed by atoms with Crippen LogP contribution in [-0.4, -0.2) is 62.5 Å². The van der Waals surface area contributed by atoms with Gasteiger partial charge in [-0.2, -0.15) is 0 Å². The van der Waals surface area contributed by atoms with Gasteiger partial charge in [0.15, 0.2) is 0 Å². The van der Waals surface area contributed by atoms with Crippen LogP contribution in [0.15, 0.2) is 0 Å². The Morgan fingerprint density at radius 3 is 2.67 bits per heavy atom. The van der Waals surface area contributed by atoms with Gasteiger partial charge in [-0.3, -0.25) is 4.90 Å². The first kappa shape index (κ1) is 17.2. The lowest BCUT2D eigenvalue weighted by molar-refractivity contribution is -0.135. The maximum absolute atomic E-state index is 6.03. The van der Waals surface area contributed by atoms with Gasteiger partial charge in [0.05, 0.1) is 18.3 Å². The molecule has 0 aromatic rings. The molecule has 0 aromatic heterocycles. The third kappa shape index (κ3) is 5.20. The minimum atomic E-state index is -0.0380. The van der Waals surface area contributed by atoms with Crippen molar-refractivity contribution >= 4 is 0 Å². The molecule has 2 rings (SSSR count). The van der Waals surface area contributed by atoms with E-state index in [4.69, 9.17) is 9.47 Å². The molecule has 1 N–H and O–H groups in total. The normalized spacial score (nSPS) is 33.7. The monoisotopic (exact) mass is 298 g/mol. The predicted octanol–water partition coefficient (Wildman–Crippen LogP) is 2.14. The second-order valence-corrected chi connectivity index (χ2v) is 8.19. The zero-order valence-electron chi connectivity index (χ0n) is 14.6. The molecule has 124 valence electrons. The number of rotatable bonds is 6. The Morgan fingerprint density at radius 2 is 2.10 bits per heavy atom. The fourth-order valence-corrected chi connectivity index (χ4v) is 3.78. The number of hydrogen-bond donors (Lipinski definition) is 1. The fraction of sp³-hybridized carbons (Fsp3) is 1.00. The molecule has 2 aliphatic rings. The van der Waals surface area contributed by atoms with E-state index in [1.54, 1.807) is 0 Å². The number of nitrogens with one attached hydrogen (secondary N) is 1. The zero-order valence-corrected chi connectivity index (χ0v) is 14.6. The van der Waals surface area contributed by atoms with E-state index in [0.717, 1.165) is 45.9 Å². The van der Waals surface area contributed by atoms with Gasteiger partial charge in [-0.25, -0.2) is 0 Å². The lowest BCUT2D eigenvalue weighted by Crippen LogP contribution is -2.56. The fourth-order valence-electron chi connectivity index (χ4n) is 3.78. The van der Waals surface area contributed by atoms with Gasteiger partial charge in [0, 0.05) is 38.2 Å². The first-order chi connectivity index (χ1) is 9.80. The van der Waals surface area contributed by atoms with Crippen molar-refractivity contribution < 1.29 is 9.47 Å². The van der Waals surface area contributed by atoms with Gasteiger partial charge in [0.2, 0.25) is 0 Å². The van der Waals surface area contributed by atoms with Crippen molar-refractivity contribution in [1.82, 2.24) is 10.2 Å². The Kier molecular flexibility index (Phi) is 5.69. The Balaban J connectivity index is 1.92. The standard InChI is InChI=1S/C17H34N2O2/c1-14(2)8-18-10-17(6-7-20-13-17)12-19-9-15(3)21-16(4,5)11-19/h14-15,18H,6-13H2,1-5H3. The van der Waals surface area contributed by atoms with Crippen LogP contribution < -0.4 is 5.32 Å². The van der Waals surface area contributed by atoms with Gasteiger partial charge < -0.3 is 14.8 Å². The van der Waals surface area contributed by atoms with E-state index in [-0.39, 0.29) is 11.0 Å². The molecule has 2 fully saturated rings. The van der Waals surface area contributed by atoms with E-state index in [1.165, 1.54) is 6.42 Å². The maximum Gasteiger partial charge on any atom is 0.0757 e. The SMILES string of the molecule is CC(C)CNCC1(CN2CC(C)OC(C)(C)C2)CCOC1. The van der Waals surface area contributed by atoms with Gasteiger partial charge in [0.25, 0.3) is 0 Å². The van der Waals surface area contributed by atoms with Crippen molar-refractivity contribution in [2.24, 2.45) is 11.3 Å². The van der Waals surface area contributed by atoms with Crippen LogP contribution in [0, 0.1) is 11.3 Å². The molecule has 2 unspecified atom stereocenters. The van der Waals surface area contributed by atoms with Crippen LogP contribution in [-0.2, 0) is 9.47 Å². The van der Waals surface area contributed by atoms with Crippen LogP contribution in [0.4, 0.5) is 0 Å². The van der Waals surface area contributed by atoms with Crippen molar-refractivity contribution in [3.63, 3.8) is 0 Å². The summed E-state index contributed by atoms with van der Waals surface area (Å²) in [6.45, 7) is 18.2. The van der Waals surface area contributed by atoms with E-state index >= 15 is 0 Å². The summed E-state index contributed by atoms with van der Waals surface area (Å²) < 4.78 is 11.8. The largest absolute Gasteiger partial charge is 0.381 e. The minimum Gasteiger partial charge on any atom is -0.381 e. The van der Waals surface area contributed by atoms with Crippen molar-refractivity contribution in [3.05, 3.63) is 0 Å². The smallest absolute Gasteiger partial charge is 0.0757 e. The second-order valence-electron chi connectivity index (χ2n) is 8.19. The molecule has 2 heterocycles. The van der Waals surface area contributed by atoms with Gasteiger partial charge in [-0.15, -0.1) is 0 Å². The highest BCUT2D eigenvalue weighted by Gasteiger charge is 2.40. The van der Waals surface area contributed by atoms with Crippen molar-refractivity contribution in [1.29, 1.82) is 0 Å². The molecule has 0 amide bonds. The third-order valence-corrected chi connectivity index (χ3v) is 4.44. The summed E-state index contributed by atoms with van der Waals surface area (Å²) in [5, 5.41) is 3.65. The Hall–Kier alpha value is -0.160. The average Bonchev–Trinajstić information content (AvgIpc) is 2.74. The molecule has 4 heteroatoms. The molecule has 21 heavy (non-hydrogen) atoms. The summed E-state index contributed by atoms with van der Waals surface area (Å²) >= 11 is 0. The van der Waals surface area contributed by atoms with Crippen LogP contribution in [0.3, 0.4) is 0 Å². The van der Waals surface area contributed by atoms with Crippen molar-refractivity contribution in [3.8, 4) is 0 Å². The predicted molar refractivity (Wildman–Crippen MR) is 86.6 cm³/mol. The van der Waals surface area contributed by atoms with Gasteiger partial charge in [0.1, 0.15) is 0 Å². The lowest BCUT2D eigenvalue weighted by Gasteiger charge is -2.45. The highest BCUT2D eigenvalue weighted by atomic mass is 16.5. The highest BCUT2D eigenvalue weighted by Crippen LogP contribution is 2.31. The number of nitrogens with zero attached hydrogens (tertiary/aromatic N) is 1. The molecule has 4 nitrogen and oxygen atoms in total. The van der Waals surface area contributed by atoms with E-state index in [9.17, 15) is 0 Å². The van der Waals surface area contributed by atoms with E-state index < -0.39 is 0 Å². The summed E-state index contributed by atoms with van der Waals surface area (Å²) in [5.74, 6) is 0.701. The van der Waals surface area contributed by atoms with E-state index in [0.29, 0.717) is 12.0 Å². The maximum atomic E-state index is 6.03. The molecule has 0 saturated carbocycles. The molecular weight excluding hydrogens is 264 g/mol. The highest BCUT2D eigenvalue weighted by molar-refractivity contribution is 4.92. The topological polar surface area (TPSA) is 33.7 Å². The van der Waals surface area contributed by atoms with Gasteiger partial charge in [-0.1, -0.05) is 13.8 Å². The summed E-state index contributed by atoms with van der Waals surface area (Å²) in [6, 6.07) is 0. The van der Waals surface area contributed by atoms with Crippen LogP contribution in [0.25, 0.3) is 0 Å². The van der Waals surface area contributed by atoms with Crippen LogP contribution in [0.2, 0.25) is 0 Å². The van der Waals surface area contributed by atoms with E-state index in [2.05, 4.69) is 44.8 Å². The summed E-state index contributed by atoms with van der Waals surface area (Å²) in [4.78, 5) is 2.58. The molecule has 0 radical (unpaired) electrons. The second kappa shape index (κ2) is 6.95. The Labute approximate surface area is 130 Å². The molecule has 2 atom stereocenters. The molecule has 2 saturated heterocycles. The minimum absolute atomic E-state index is 0.0380. The van der Waals surface area contributed by atoms with Crippen LogP contribution in [0.5, 0.6) is 0 Å². The van der Waals surface area contributed by atoms with Crippen molar-refractivity contribution in [2.45, 2.75) is 52.7 Å². The quantitative estimate of drug-likeness (QED) is 0.814. The molecule has 0 aliphatic carbocycles. The lowest BCUT2D eigenvalue weighted by atomic mass is 9.85. The molecule has 2 aliphatic heterocycles. The Morgan fingerprint density at radius 1 is 1.33 bits per heavy atom. The Bertz CT molecular complexity index is 325. The summed E-state index contributed by atoms with van der Waals surface area (Å²) in [5.41, 5.74) is 0.242. The molecule has 0 aromatic carbocycles. The van der Waals surface area contributed by atoms with E-state index in [1.807, 2.05) is 0 Å². The molecular formula is C17H34N2O2. The van der Waals surface area contributed by atoms with Gasteiger partial charge >= 0.3 is 0 Å². The van der Waals surface area contributed by atoms with Crippen LogP contribution >= 0.6 is 0 Å². The summed E-state index contributed by atoms with van der Waals surface area (Å²) in [6.07, 6.45) is 1.49. The zero-order chi connectivity index (χ0) is 15.5. The average molecular weight is 298 g/mol. The van der Waals surface area contributed by atoms with Gasteiger partial charge in [-0.05, 0) is 39.7 Å². The van der Waals surface area contributed by atoms with Crippen LogP contribution in [0.1, 0.15) is 41.0 Å². The molecule has 0 spiro atoms. The van der Waals surface area contributed by atoms with Crippen molar-refractivity contribution in [2.75, 3.05) is 45.9 Å². The first-order valence-corrected chi connectivity index (χ1v) is 8.49. The number of hydrogen-bond acceptors (Lipinski definition) is 4. The molecule has 0 bridgehead atoms. The number of ether oxygens (including phenoxy) is 2.